The Balaban J connectivity index is 1.78. The topological polar surface area (TPSA) is 37.4 Å². The molecule has 106 valence electrons. The maximum absolute atomic E-state index is 12.1. The number of carbonyl (C=O) groups is 2. The van der Waals surface area contributed by atoms with E-state index < -0.39 is 5.91 Å². The minimum atomic E-state index is -0.404. The van der Waals surface area contributed by atoms with Crippen LogP contribution in [0.5, 0.6) is 0 Å². The fourth-order valence-electron chi connectivity index (χ4n) is 2.58. The first-order chi connectivity index (χ1) is 10.1. The van der Waals surface area contributed by atoms with E-state index in [1.807, 2.05) is 42.5 Å². The van der Waals surface area contributed by atoms with Crippen LogP contribution in [0.4, 0.5) is 0 Å². The standard InChI is InChI=1S/C17H14ClNO2/c18-14-8-6-12(7-9-14)10-19-11-15(16(20)17(19)21)13-4-2-1-3-5-13/h1-9,15H,10-11H2. The highest BCUT2D eigenvalue weighted by Crippen LogP contribution is 2.26. The van der Waals surface area contributed by atoms with Crippen molar-refractivity contribution in [3.8, 4) is 0 Å². The summed E-state index contributed by atoms with van der Waals surface area (Å²) in [6, 6.07) is 16.8. The van der Waals surface area contributed by atoms with Gasteiger partial charge in [0.25, 0.3) is 5.91 Å². The van der Waals surface area contributed by atoms with Gasteiger partial charge in [-0.3, -0.25) is 9.59 Å². The number of hydrogen-bond acceptors (Lipinski definition) is 2. The lowest BCUT2D eigenvalue weighted by molar-refractivity contribution is -0.140. The molecule has 1 atom stereocenters. The molecular weight excluding hydrogens is 286 g/mol. The number of nitrogens with zero attached hydrogens (tertiary/aromatic N) is 1. The van der Waals surface area contributed by atoms with Crippen molar-refractivity contribution in [3.63, 3.8) is 0 Å². The third kappa shape index (κ3) is 2.83. The molecule has 21 heavy (non-hydrogen) atoms. The van der Waals surface area contributed by atoms with Gasteiger partial charge < -0.3 is 4.90 Å². The van der Waals surface area contributed by atoms with Crippen molar-refractivity contribution in [3.05, 3.63) is 70.7 Å². The first kappa shape index (κ1) is 13.8. The Labute approximate surface area is 128 Å². The zero-order chi connectivity index (χ0) is 14.8. The molecule has 0 radical (unpaired) electrons. The van der Waals surface area contributed by atoms with Crippen LogP contribution in [0.15, 0.2) is 54.6 Å². The Hall–Kier alpha value is -2.13. The van der Waals surface area contributed by atoms with Gasteiger partial charge in [0.2, 0.25) is 5.78 Å². The number of rotatable bonds is 3. The summed E-state index contributed by atoms with van der Waals surface area (Å²) in [5.41, 5.74) is 1.86. The number of halogens is 1. The molecule has 0 spiro atoms. The zero-order valence-corrected chi connectivity index (χ0v) is 12.1. The van der Waals surface area contributed by atoms with E-state index in [2.05, 4.69) is 0 Å². The average Bonchev–Trinajstić information content (AvgIpc) is 2.79. The Morgan fingerprint density at radius 2 is 1.67 bits per heavy atom. The second kappa shape index (κ2) is 5.70. The maximum atomic E-state index is 12.1. The van der Waals surface area contributed by atoms with Gasteiger partial charge in [0.05, 0.1) is 5.92 Å². The van der Waals surface area contributed by atoms with Gasteiger partial charge in [0.1, 0.15) is 0 Å². The van der Waals surface area contributed by atoms with Gasteiger partial charge in [-0.25, -0.2) is 0 Å². The minimum absolute atomic E-state index is 0.324. The molecule has 1 heterocycles. The molecule has 1 saturated heterocycles. The summed E-state index contributed by atoms with van der Waals surface area (Å²) in [6.07, 6.45) is 0. The maximum Gasteiger partial charge on any atom is 0.291 e. The Bertz CT molecular complexity index is 667. The molecule has 1 aliphatic heterocycles. The molecule has 2 aromatic rings. The fraction of sp³-hybridized carbons (Fsp3) is 0.176. The normalized spacial score (nSPS) is 18.3. The molecule has 1 aliphatic rings. The van der Waals surface area contributed by atoms with Crippen molar-refractivity contribution in [2.75, 3.05) is 6.54 Å². The predicted octanol–water partition coefficient (Wildman–Crippen LogP) is 3.04. The first-order valence-electron chi connectivity index (χ1n) is 6.77. The van der Waals surface area contributed by atoms with E-state index in [0.29, 0.717) is 18.1 Å². The third-order valence-electron chi connectivity index (χ3n) is 3.71. The van der Waals surface area contributed by atoms with Crippen LogP contribution in [-0.4, -0.2) is 23.1 Å². The highest BCUT2D eigenvalue weighted by Gasteiger charge is 2.39. The summed E-state index contributed by atoms with van der Waals surface area (Å²) in [5, 5.41) is 0.657. The van der Waals surface area contributed by atoms with Crippen LogP contribution in [-0.2, 0) is 16.1 Å². The van der Waals surface area contributed by atoms with E-state index >= 15 is 0 Å². The van der Waals surface area contributed by atoms with Crippen LogP contribution in [0.3, 0.4) is 0 Å². The van der Waals surface area contributed by atoms with Crippen LogP contribution in [0.1, 0.15) is 17.0 Å². The summed E-state index contributed by atoms with van der Waals surface area (Å²) >= 11 is 5.85. The van der Waals surface area contributed by atoms with Crippen molar-refractivity contribution < 1.29 is 9.59 Å². The highest BCUT2D eigenvalue weighted by molar-refractivity contribution is 6.40. The fourth-order valence-corrected chi connectivity index (χ4v) is 2.71. The number of ketones is 1. The zero-order valence-electron chi connectivity index (χ0n) is 11.3. The van der Waals surface area contributed by atoms with Gasteiger partial charge in [-0.15, -0.1) is 0 Å². The van der Waals surface area contributed by atoms with Crippen molar-refractivity contribution >= 4 is 23.3 Å². The molecule has 1 unspecified atom stereocenters. The van der Waals surface area contributed by atoms with Gasteiger partial charge in [-0.2, -0.15) is 0 Å². The van der Waals surface area contributed by atoms with Crippen LogP contribution in [0, 0.1) is 0 Å². The number of carbonyl (C=O) groups excluding carboxylic acids is 2. The smallest absolute Gasteiger partial charge is 0.291 e. The van der Waals surface area contributed by atoms with Crippen LogP contribution < -0.4 is 0 Å². The monoisotopic (exact) mass is 299 g/mol. The number of amides is 1. The van der Waals surface area contributed by atoms with Gasteiger partial charge in [0, 0.05) is 18.1 Å². The Morgan fingerprint density at radius 1 is 1.00 bits per heavy atom. The van der Waals surface area contributed by atoms with Gasteiger partial charge in [-0.1, -0.05) is 54.1 Å². The SMILES string of the molecule is O=C1C(=O)N(Cc2ccc(Cl)cc2)CC1c1ccccc1. The second-order valence-corrected chi connectivity index (χ2v) is 5.58. The van der Waals surface area contributed by atoms with Crippen LogP contribution in [0.2, 0.25) is 5.02 Å². The van der Waals surface area contributed by atoms with E-state index in [-0.39, 0.29) is 11.7 Å². The van der Waals surface area contributed by atoms with E-state index in [0.717, 1.165) is 11.1 Å². The third-order valence-corrected chi connectivity index (χ3v) is 3.96. The van der Waals surface area contributed by atoms with Crippen molar-refractivity contribution in [1.82, 2.24) is 4.90 Å². The molecule has 3 rings (SSSR count). The number of likely N-dealkylation sites (tertiary alicyclic amines) is 1. The summed E-state index contributed by atoms with van der Waals surface area (Å²) in [5.74, 6) is -1.08. The average molecular weight is 300 g/mol. The number of benzene rings is 2. The molecular formula is C17H14ClNO2. The van der Waals surface area contributed by atoms with Crippen molar-refractivity contribution in [2.24, 2.45) is 0 Å². The lowest BCUT2D eigenvalue weighted by atomic mass is 9.97. The van der Waals surface area contributed by atoms with Gasteiger partial charge in [0.15, 0.2) is 0 Å². The van der Waals surface area contributed by atoms with Crippen LogP contribution in [0.25, 0.3) is 0 Å². The lowest BCUT2D eigenvalue weighted by Crippen LogP contribution is -2.26. The molecule has 0 bridgehead atoms. The first-order valence-corrected chi connectivity index (χ1v) is 7.15. The van der Waals surface area contributed by atoms with E-state index in [1.54, 1.807) is 17.0 Å². The quantitative estimate of drug-likeness (QED) is 0.817. The summed E-state index contributed by atoms with van der Waals surface area (Å²) in [4.78, 5) is 25.9. The molecule has 0 saturated carbocycles. The molecule has 1 fully saturated rings. The minimum Gasteiger partial charge on any atom is -0.331 e. The van der Waals surface area contributed by atoms with Gasteiger partial charge in [-0.05, 0) is 23.3 Å². The second-order valence-electron chi connectivity index (χ2n) is 5.14. The Kier molecular flexibility index (Phi) is 3.76. The molecule has 0 N–H and O–H groups in total. The summed E-state index contributed by atoms with van der Waals surface area (Å²) in [7, 11) is 0. The predicted molar refractivity (Wildman–Crippen MR) is 81.1 cm³/mol. The molecule has 3 nitrogen and oxygen atoms in total. The van der Waals surface area contributed by atoms with E-state index in [4.69, 9.17) is 11.6 Å². The molecule has 2 aromatic carbocycles. The van der Waals surface area contributed by atoms with Crippen LogP contribution >= 0.6 is 11.6 Å². The molecule has 0 aromatic heterocycles. The van der Waals surface area contributed by atoms with E-state index in [9.17, 15) is 9.59 Å². The van der Waals surface area contributed by atoms with Gasteiger partial charge >= 0.3 is 0 Å². The van der Waals surface area contributed by atoms with Crippen molar-refractivity contribution in [1.29, 1.82) is 0 Å². The summed E-state index contributed by atoms with van der Waals surface area (Å²) in [6.45, 7) is 0.870. The highest BCUT2D eigenvalue weighted by atomic mass is 35.5. The lowest BCUT2D eigenvalue weighted by Gasteiger charge is -2.15. The largest absolute Gasteiger partial charge is 0.331 e. The molecule has 1 amide bonds. The van der Waals surface area contributed by atoms with E-state index in [1.165, 1.54) is 0 Å². The number of Topliss-reactive ketones (excluding diaryl/α,β-unsaturated/α-hetero) is 1. The Morgan fingerprint density at radius 3 is 2.33 bits per heavy atom. The molecule has 4 heteroatoms. The number of hydrogen-bond donors (Lipinski definition) is 0. The molecule has 0 aliphatic carbocycles. The van der Waals surface area contributed by atoms with Crippen molar-refractivity contribution in [2.45, 2.75) is 12.5 Å². The summed E-state index contributed by atoms with van der Waals surface area (Å²) < 4.78 is 0.